The fourth-order valence-electron chi connectivity index (χ4n) is 4.67. The Morgan fingerprint density at radius 3 is 2.31 bits per heavy atom. The standard InChI is InChI=1S/C29H29N3O3/c33-28(31-17-8-3-9-18-31)21-35-25-16-10-15-24(19-25)27-20-26(22-11-4-1-5-12-22)30-32(27)29(34)23-13-6-2-7-14-23/h1-2,4-7,10-16,19,27H,3,8-9,17-18,20-21H2/t27-/m1/s1. The fourth-order valence-corrected chi connectivity index (χ4v) is 4.67. The lowest BCUT2D eigenvalue weighted by molar-refractivity contribution is -0.134. The number of hydrazone groups is 1. The van der Waals surface area contributed by atoms with Gasteiger partial charge < -0.3 is 9.64 Å². The van der Waals surface area contributed by atoms with Crippen molar-refractivity contribution in [1.29, 1.82) is 0 Å². The molecule has 1 fully saturated rings. The number of benzene rings is 3. The van der Waals surface area contributed by atoms with Crippen molar-refractivity contribution in [2.75, 3.05) is 19.7 Å². The highest BCUT2D eigenvalue weighted by atomic mass is 16.5. The molecule has 3 aromatic rings. The number of likely N-dealkylation sites (tertiary alicyclic amines) is 1. The highest BCUT2D eigenvalue weighted by molar-refractivity contribution is 6.05. The lowest BCUT2D eigenvalue weighted by Gasteiger charge is -2.26. The van der Waals surface area contributed by atoms with Crippen LogP contribution in [0.4, 0.5) is 0 Å². The second-order valence-electron chi connectivity index (χ2n) is 8.95. The van der Waals surface area contributed by atoms with Crippen LogP contribution in [0.3, 0.4) is 0 Å². The normalized spacial score (nSPS) is 17.7. The van der Waals surface area contributed by atoms with Gasteiger partial charge in [-0.3, -0.25) is 9.59 Å². The molecule has 0 unspecified atom stereocenters. The molecule has 0 saturated carbocycles. The molecule has 2 aliphatic heterocycles. The minimum absolute atomic E-state index is 0.0200. The highest BCUT2D eigenvalue weighted by Crippen LogP contribution is 2.35. The smallest absolute Gasteiger partial charge is 0.274 e. The van der Waals surface area contributed by atoms with Crippen molar-refractivity contribution < 1.29 is 14.3 Å². The molecule has 5 rings (SSSR count). The van der Waals surface area contributed by atoms with Crippen molar-refractivity contribution in [1.82, 2.24) is 9.91 Å². The zero-order valence-corrected chi connectivity index (χ0v) is 19.7. The van der Waals surface area contributed by atoms with Gasteiger partial charge in [0.2, 0.25) is 0 Å². The molecule has 2 heterocycles. The second-order valence-corrected chi connectivity index (χ2v) is 8.95. The first-order valence-corrected chi connectivity index (χ1v) is 12.2. The van der Waals surface area contributed by atoms with E-state index in [0.29, 0.717) is 17.7 Å². The molecule has 0 bridgehead atoms. The molecule has 0 spiro atoms. The molecule has 3 aromatic carbocycles. The number of carbonyl (C=O) groups excluding carboxylic acids is 2. The zero-order valence-electron chi connectivity index (χ0n) is 19.7. The molecule has 2 aliphatic rings. The van der Waals surface area contributed by atoms with E-state index in [2.05, 4.69) is 0 Å². The highest BCUT2D eigenvalue weighted by Gasteiger charge is 2.34. The fraction of sp³-hybridized carbons (Fsp3) is 0.276. The minimum Gasteiger partial charge on any atom is -0.484 e. The lowest BCUT2D eigenvalue weighted by atomic mass is 9.98. The predicted octanol–water partition coefficient (Wildman–Crippen LogP) is 5.07. The van der Waals surface area contributed by atoms with Crippen LogP contribution in [0.15, 0.2) is 90.0 Å². The first kappa shape index (κ1) is 22.8. The summed E-state index contributed by atoms with van der Waals surface area (Å²) in [5.41, 5.74) is 3.38. The third-order valence-electron chi connectivity index (χ3n) is 6.56. The van der Waals surface area contributed by atoms with Gasteiger partial charge in [0.25, 0.3) is 11.8 Å². The molecule has 0 aliphatic carbocycles. The van der Waals surface area contributed by atoms with Gasteiger partial charge in [-0.2, -0.15) is 5.10 Å². The molecule has 6 nitrogen and oxygen atoms in total. The van der Waals surface area contributed by atoms with Crippen LogP contribution in [-0.2, 0) is 4.79 Å². The van der Waals surface area contributed by atoms with Gasteiger partial charge in [-0.1, -0.05) is 60.7 Å². The van der Waals surface area contributed by atoms with E-state index in [4.69, 9.17) is 9.84 Å². The van der Waals surface area contributed by atoms with E-state index in [1.165, 1.54) is 6.42 Å². The zero-order chi connectivity index (χ0) is 24.0. The van der Waals surface area contributed by atoms with E-state index in [1.807, 2.05) is 77.7 Å². The molecule has 1 atom stereocenters. The van der Waals surface area contributed by atoms with Gasteiger partial charge in [-0.25, -0.2) is 5.01 Å². The Labute approximate surface area is 205 Å². The molecule has 35 heavy (non-hydrogen) atoms. The Morgan fingerprint density at radius 2 is 1.57 bits per heavy atom. The number of amides is 2. The van der Waals surface area contributed by atoms with Crippen molar-refractivity contribution in [3.05, 3.63) is 102 Å². The van der Waals surface area contributed by atoms with Gasteiger partial charge >= 0.3 is 0 Å². The molecule has 2 amide bonds. The first-order chi connectivity index (χ1) is 17.2. The maximum absolute atomic E-state index is 13.4. The maximum atomic E-state index is 13.4. The molecular formula is C29H29N3O3. The Morgan fingerprint density at radius 1 is 0.857 bits per heavy atom. The summed E-state index contributed by atoms with van der Waals surface area (Å²) in [6, 6.07) is 26.6. The summed E-state index contributed by atoms with van der Waals surface area (Å²) in [6.45, 7) is 1.63. The summed E-state index contributed by atoms with van der Waals surface area (Å²) >= 11 is 0. The van der Waals surface area contributed by atoms with E-state index >= 15 is 0 Å². The Kier molecular flexibility index (Phi) is 6.89. The average Bonchev–Trinajstić information content (AvgIpc) is 3.39. The molecule has 6 heteroatoms. The number of ether oxygens (including phenoxy) is 1. The predicted molar refractivity (Wildman–Crippen MR) is 135 cm³/mol. The maximum Gasteiger partial charge on any atom is 0.274 e. The van der Waals surface area contributed by atoms with Gasteiger partial charge in [-0.05, 0) is 54.7 Å². The van der Waals surface area contributed by atoms with Crippen molar-refractivity contribution in [3.63, 3.8) is 0 Å². The molecule has 178 valence electrons. The largest absolute Gasteiger partial charge is 0.484 e. The van der Waals surface area contributed by atoms with Crippen molar-refractivity contribution in [2.45, 2.75) is 31.7 Å². The van der Waals surface area contributed by atoms with Crippen LogP contribution in [0.5, 0.6) is 5.75 Å². The van der Waals surface area contributed by atoms with Crippen LogP contribution in [0, 0.1) is 0 Å². The average molecular weight is 468 g/mol. The van der Waals surface area contributed by atoms with Gasteiger partial charge in [0, 0.05) is 25.1 Å². The molecule has 0 N–H and O–H groups in total. The van der Waals surface area contributed by atoms with Crippen molar-refractivity contribution >= 4 is 17.5 Å². The number of carbonyl (C=O) groups is 2. The number of piperidine rings is 1. The molecular weight excluding hydrogens is 438 g/mol. The second kappa shape index (κ2) is 10.6. The summed E-state index contributed by atoms with van der Waals surface area (Å²) in [5.74, 6) is 0.493. The van der Waals surface area contributed by atoms with Crippen LogP contribution < -0.4 is 4.74 Å². The van der Waals surface area contributed by atoms with Gasteiger partial charge in [0.05, 0.1) is 11.8 Å². The summed E-state index contributed by atoms with van der Waals surface area (Å²) in [4.78, 5) is 27.8. The molecule has 1 saturated heterocycles. The number of hydrogen-bond acceptors (Lipinski definition) is 4. The first-order valence-electron chi connectivity index (χ1n) is 12.2. The summed E-state index contributed by atoms with van der Waals surface area (Å²) < 4.78 is 5.88. The van der Waals surface area contributed by atoms with E-state index in [0.717, 1.165) is 42.8 Å². The summed E-state index contributed by atoms with van der Waals surface area (Å²) in [7, 11) is 0. The van der Waals surface area contributed by atoms with Gasteiger partial charge in [0.1, 0.15) is 5.75 Å². The number of nitrogens with zero attached hydrogens (tertiary/aromatic N) is 3. The topological polar surface area (TPSA) is 62.2 Å². The third-order valence-corrected chi connectivity index (χ3v) is 6.56. The third kappa shape index (κ3) is 5.27. The van der Waals surface area contributed by atoms with Crippen LogP contribution in [0.2, 0.25) is 0 Å². The van der Waals surface area contributed by atoms with Crippen molar-refractivity contribution in [2.24, 2.45) is 5.10 Å². The van der Waals surface area contributed by atoms with E-state index in [9.17, 15) is 9.59 Å². The van der Waals surface area contributed by atoms with Crippen LogP contribution in [-0.4, -0.2) is 47.1 Å². The SMILES string of the molecule is O=C(COc1cccc([C@H]2CC(c3ccccc3)=NN2C(=O)c2ccccc2)c1)N1CCCCC1. The lowest BCUT2D eigenvalue weighted by Crippen LogP contribution is -2.38. The minimum atomic E-state index is -0.265. The number of hydrogen-bond donors (Lipinski definition) is 0. The quantitative estimate of drug-likeness (QED) is 0.509. The molecule has 0 radical (unpaired) electrons. The molecule has 0 aromatic heterocycles. The number of rotatable bonds is 6. The van der Waals surface area contributed by atoms with Crippen LogP contribution in [0.25, 0.3) is 0 Å². The van der Waals surface area contributed by atoms with E-state index in [-0.39, 0.29) is 24.5 Å². The van der Waals surface area contributed by atoms with Crippen molar-refractivity contribution in [3.8, 4) is 5.75 Å². The Bertz CT molecular complexity index is 1200. The summed E-state index contributed by atoms with van der Waals surface area (Å²) in [6.07, 6.45) is 3.88. The van der Waals surface area contributed by atoms with E-state index in [1.54, 1.807) is 17.1 Å². The van der Waals surface area contributed by atoms with Crippen LogP contribution in [0.1, 0.15) is 53.2 Å². The van der Waals surface area contributed by atoms with Crippen LogP contribution >= 0.6 is 0 Å². The Balaban J connectivity index is 1.37. The Hall–Kier alpha value is -3.93. The van der Waals surface area contributed by atoms with E-state index < -0.39 is 0 Å². The van der Waals surface area contributed by atoms with Gasteiger partial charge in [-0.15, -0.1) is 0 Å². The van der Waals surface area contributed by atoms with Gasteiger partial charge in [0.15, 0.2) is 6.61 Å². The summed E-state index contributed by atoms with van der Waals surface area (Å²) in [5, 5.41) is 6.34. The monoisotopic (exact) mass is 467 g/mol.